The second kappa shape index (κ2) is 8.74. The van der Waals surface area contributed by atoms with Crippen molar-refractivity contribution < 1.29 is 4.79 Å². The summed E-state index contributed by atoms with van der Waals surface area (Å²) in [4.78, 5) is 47.6. The molecule has 9 nitrogen and oxygen atoms in total. The van der Waals surface area contributed by atoms with Crippen molar-refractivity contribution in [2.75, 3.05) is 16.8 Å². The van der Waals surface area contributed by atoms with Gasteiger partial charge in [0.2, 0.25) is 5.56 Å². The van der Waals surface area contributed by atoms with Crippen LogP contribution < -0.4 is 15.8 Å². The average molecular weight is 546 g/mol. The monoisotopic (exact) mass is 545 g/mol. The van der Waals surface area contributed by atoms with E-state index in [-0.39, 0.29) is 29.6 Å². The number of thiazole rings is 2. The Morgan fingerprint density at radius 3 is 2.79 bits per heavy atom. The molecule has 2 N–H and O–H groups in total. The van der Waals surface area contributed by atoms with Crippen molar-refractivity contribution in [2.45, 2.75) is 45.3 Å². The van der Waals surface area contributed by atoms with Gasteiger partial charge in [-0.25, -0.2) is 15.0 Å². The van der Waals surface area contributed by atoms with Gasteiger partial charge >= 0.3 is 0 Å². The molecule has 1 amide bonds. The van der Waals surface area contributed by atoms with E-state index in [2.05, 4.69) is 37.0 Å². The lowest BCUT2D eigenvalue weighted by Crippen LogP contribution is -2.61. The predicted molar refractivity (Wildman–Crippen MR) is 149 cm³/mol. The molecule has 0 spiro atoms. The number of amides is 1. The summed E-state index contributed by atoms with van der Waals surface area (Å²) in [5, 5.41) is 7.06. The third kappa shape index (κ3) is 3.67. The van der Waals surface area contributed by atoms with Crippen molar-refractivity contribution in [1.82, 2.24) is 24.8 Å². The van der Waals surface area contributed by atoms with Crippen LogP contribution >= 0.6 is 22.7 Å². The van der Waals surface area contributed by atoms with Crippen LogP contribution in [0.4, 0.5) is 16.6 Å². The van der Waals surface area contributed by atoms with Crippen LogP contribution in [0.3, 0.4) is 0 Å². The Morgan fingerprint density at radius 2 is 2.05 bits per heavy atom. The molecule has 4 aromatic heterocycles. The van der Waals surface area contributed by atoms with Crippen molar-refractivity contribution in [3.8, 4) is 10.6 Å². The summed E-state index contributed by atoms with van der Waals surface area (Å²) in [7, 11) is 0. The minimum Gasteiger partial charge on any atom is -0.366 e. The molecule has 5 atom stereocenters. The molecule has 2 bridgehead atoms. The molecule has 3 fully saturated rings. The van der Waals surface area contributed by atoms with Gasteiger partial charge in [0.1, 0.15) is 5.82 Å². The lowest BCUT2D eigenvalue weighted by Gasteiger charge is -2.54. The largest absolute Gasteiger partial charge is 0.366 e. The third-order valence-corrected chi connectivity index (χ3v) is 10.0. The van der Waals surface area contributed by atoms with Crippen LogP contribution in [0.15, 0.2) is 46.8 Å². The summed E-state index contributed by atoms with van der Waals surface area (Å²) in [5.74, 6) is 1.53. The number of hydrogen-bond acceptors (Lipinski definition) is 9. The van der Waals surface area contributed by atoms with Crippen molar-refractivity contribution >= 4 is 45.2 Å². The number of aromatic nitrogens is 4. The lowest BCUT2D eigenvalue weighted by atomic mass is 9.64. The molecule has 194 valence electrons. The Bertz CT molecular complexity index is 1590. The second-order valence-electron chi connectivity index (χ2n) is 10.4. The number of carbonyl (C=O) groups is 1. The maximum Gasteiger partial charge on any atom is 0.256 e. The third-order valence-electron chi connectivity index (χ3n) is 8.19. The van der Waals surface area contributed by atoms with Crippen LogP contribution in [0.5, 0.6) is 0 Å². The van der Waals surface area contributed by atoms with Gasteiger partial charge in [-0.2, -0.15) is 0 Å². The summed E-state index contributed by atoms with van der Waals surface area (Å²) >= 11 is 3.16. The van der Waals surface area contributed by atoms with Gasteiger partial charge in [-0.1, -0.05) is 0 Å². The van der Waals surface area contributed by atoms with Crippen LogP contribution in [0.2, 0.25) is 0 Å². The zero-order chi connectivity index (χ0) is 26.1. The fourth-order valence-corrected chi connectivity index (χ4v) is 8.33. The SMILES string of the molecule is Cc1nc(C)c(-c2csc(Nc3ccc(C(=O)N4[C@@H](C)C5[C@@H]6CC(CN5c5cc[nH]c(=O)c5)[C@@H]64)cn3)n2)s1. The van der Waals surface area contributed by atoms with Gasteiger partial charge < -0.3 is 20.1 Å². The summed E-state index contributed by atoms with van der Waals surface area (Å²) in [6.45, 7) is 7.02. The molecule has 1 aliphatic carbocycles. The average Bonchev–Trinajstić information content (AvgIpc) is 3.54. The highest BCUT2D eigenvalue weighted by Gasteiger charge is 2.63. The highest BCUT2D eigenvalue weighted by atomic mass is 32.1. The number of carbonyl (C=O) groups excluding carboxylic acids is 1. The zero-order valence-electron chi connectivity index (χ0n) is 21.2. The van der Waals surface area contributed by atoms with E-state index in [4.69, 9.17) is 4.98 Å². The molecule has 3 aliphatic rings. The van der Waals surface area contributed by atoms with Gasteiger partial charge in [-0.05, 0) is 51.3 Å². The van der Waals surface area contributed by atoms with Crippen molar-refractivity contribution in [3.63, 3.8) is 0 Å². The van der Waals surface area contributed by atoms with Gasteiger partial charge in [-0.3, -0.25) is 9.59 Å². The first kappa shape index (κ1) is 23.5. The van der Waals surface area contributed by atoms with Crippen molar-refractivity contribution in [2.24, 2.45) is 11.8 Å². The number of anilines is 3. The van der Waals surface area contributed by atoms with E-state index in [1.807, 2.05) is 37.4 Å². The van der Waals surface area contributed by atoms with E-state index in [9.17, 15) is 9.59 Å². The zero-order valence-corrected chi connectivity index (χ0v) is 22.8. The van der Waals surface area contributed by atoms with E-state index in [0.29, 0.717) is 23.2 Å². The first-order valence-corrected chi connectivity index (χ1v) is 14.5. The van der Waals surface area contributed by atoms with E-state index in [1.165, 1.54) is 11.3 Å². The number of aromatic amines is 1. The Balaban J connectivity index is 1.07. The molecule has 2 saturated heterocycles. The highest BCUT2D eigenvalue weighted by molar-refractivity contribution is 7.16. The van der Waals surface area contributed by atoms with E-state index >= 15 is 0 Å². The highest BCUT2D eigenvalue weighted by Crippen LogP contribution is 2.55. The van der Waals surface area contributed by atoms with Crippen LogP contribution in [0, 0.1) is 25.7 Å². The normalized spacial score (nSPS) is 25.4. The number of aryl methyl sites for hydroxylation is 2. The maximum atomic E-state index is 13.7. The number of fused-ring (bicyclic) bond motifs is 2. The minimum absolute atomic E-state index is 0.0269. The first-order chi connectivity index (χ1) is 18.4. The molecule has 1 saturated carbocycles. The molecular formula is C27H27N7O2S2. The second-order valence-corrected chi connectivity index (χ2v) is 12.5. The van der Waals surface area contributed by atoms with Crippen LogP contribution in [0.25, 0.3) is 10.6 Å². The molecule has 38 heavy (non-hydrogen) atoms. The Kier molecular flexibility index (Phi) is 5.41. The fourth-order valence-electron chi connectivity index (χ4n) is 6.67. The number of rotatable bonds is 5. The number of piperidine rings is 2. The van der Waals surface area contributed by atoms with Gasteiger partial charge in [0.25, 0.3) is 5.91 Å². The number of nitrogens with zero attached hydrogens (tertiary/aromatic N) is 5. The molecule has 2 aliphatic heterocycles. The maximum absolute atomic E-state index is 13.7. The predicted octanol–water partition coefficient (Wildman–Crippen LogP) is 4.45. The minimum atomic E-state index is -0.0978. The number of pyridine rings is 2. The fraction of sp³-hybridized carbons (Fsp3) is 0.370. The quantitative estimate of drug-likeness (QED) is 0.382. The molecule has 2 unspecified atom stereocenters. The number of hydrogen-bond donors (Lipinski definition) is 2. The van der Waals surface area contributed by atoms with Crippen molar-refractivity contribution in [1.29, 1.82) is 0 Å². The van der Waals surface area contributed by atoms with Gasteiger partial charge in [0, 0.05) is 48.0 Å². The molecule has 6 heterocycles. The molecule has 0 radical (unpaired) electrons. The van der Waals surface area contributed by atoms with Gasteiger partial charge in [-0.15, -0.1) is 22.7 Å². The Hall–Kier alpha value is -3.57. The number of H-pyrrole nitrogens is 1. The molecule has 11 heteroatoms. The number of nitrogens with one attached hydrogen (secondary N) is 2. The first-order valence-electron chi connectivity index (χ1n) is 12.8. The summed E-state index contributed by atoms with van der Waals surface area (Å²) in [5.41, 5.74) is 3.33. The van der Waals surface area contributed by atoms with E-state index in [0.717, 1.165) is 45.1 Å². The van der Waals surface area contributed by atoms with Gasteiger partial charge in [0.15, 0.2) is 5.13 Å². The topological polar surface area (TPSA) is 107 Å². The molecule has 4 aromatic rings. The Morgan fingerprint density at radius 1 is 1.18 bits per heavy atom. The summed E-state index contributed by atoms with van der Waals surface area (Å²) < 4.78 is 0. The van der Waals surface area contributed by atoms with Crippen LogP contribution in [-0.2, 0) is 0 Å². The van der Waals surface area contributed by atoms with Crippen LogP contribution in [-0.4, -0.2) is 55.4 Å². The lowest BCUT2D eigenvalue weighted by molar-refractivity contribution is 0.0309. The summed E-state index contributed by atoms with van der Waals surface area (Å²) in [6.07, 6.45) is 4.50. The molecule has 0 aromatic carbocycles. The number of likely N-dealkylation sites (tertiary alicyclic amines) is 1. The summed E-state index contributed by atoms with van der Waals surface area (Å²) in [6, 6.07) is 7.83. The smallest absolute Gasteiger partial charge is 0.256 e. The van der Waals surface area contributed by atoms with Gasteiger partial charge in [0.05, 0.1) is 38.9 Å². The van der Waals surface area contributed by atoms with E-state index in [1.54, 1.807) is 29.8 Å². The molecular weight excluding hydrogens is 518 g/mol. The Labute approximate surface area is 227 Å². The molecule has 7 rings (SSSR count). The standard InChI is InChI=1S/C27H27N7O2S2/c1-13-25(38-15(3)30-13)20-12-37-27(31-20)32-21-5-4-16(10-29-21)26(36)34-14(2)23-19-8-17(24(19)34)11-33(23)18-6-7-28-22(35)9-18/h4-7,9-10,12,14,17,19,23-24H,8,11H2,1-3H3,(H,28,35)(H,29,31,32)/t14-,17?,19-,23?,24-/m0/s1. The van der Waals surface area contributed by atoms with E-state index < -0.39 is 0 Å². The van der Waals surface area contributed by atoms with Crippen LogP contribution in [0.1, 0.15) is 34.4 Å². The van der Waals surface area contributed by atoms with Crippen molar-refractivity contribution in [3.05, 3.63) is 68.7 Å².